The van der Waals surface area contributed by atoms with Crippen LogP contribution in [-0.2, 0) is 0 Å². The average Bonchev–Trinajstić information content (AvgIpc) is 3.02. The molecular weight excluding hydrogens is 288 g/mol. The summed E-state index contributed by atoms with van der Waals surface area (Å²) in [5.74, 6) is 0.0347. The van der Waals surface area contributed by atoms with Gasteiger partial charge < -0.3 is 15.1 Å². The second kappa shape index (κ2) is 6.40. The molecule has 0 aliphatic rings. The Morgan fingerprint density at radius 2 is 1.52 bits per heavy atom. The Morgan fingerprint density at radius 1 is 0.870 bits per heavy atom. The van der Waals surface area contributed by atoms with Crippen molar-refractivity contribution in [1.29, 1.82) is 0 Å². The minimum Gasteiger partial charge on any atom is -0.459 e. The lowest BCUT2D eigenvalue weighted by Crippen LogP contribution is -2.10. The van der Waals surface area contributed by atoms with Crippen LogP contribution in [0.4, 0.5) is 17.1 Å². The number of nitrogens with one attached hydrogen (secondary N) is 2. The van der Waals surface area contributed by atoms with Gasteiger partial charge in [0, 0.05) is 17.1 Å². The molecule has 0 unspecified atom stereocenters. The maximum Gasteiger partial charge on any atom is 0.291 e. The summed E-state index contributed by atoms with van der Waals surface area (Å²) in [5.41, 5.74) is 5.17. The van der Waals surface area contributed by atoms with E-state index < -0.39 is 0 Å². The van der Waals surface area contributed by atoms with E-state index in [0.717, 1.165) is 17.1 Å². The maximum absolute atomic E-state index is 11.9. The van der Waals surface area contributed by atoms with Crippen molar-refractivity contribution in [2.24, 2.45) is 0 Å². The van der Waals surface area contributed by atoms with E-state index in [2.05, 4.69) is 42.7 Å². The highest BCUT2D eigenvalue weighted by Crippen LogP contribution is 2.21. The summed E-state index contributed by atoms with van der Waals surface area (Å²) in [6.45, 7) is 4.15. The van der Waals surface area contributed by atoms with Gasteiger partial charge in [0.2, 0.25) is 0 Å². The molecule has 0 aliphatic carbocycles. The minimum absolute atomic E-state index is 0.259. The first-order chi connectivity index (χ1) is 11.1. The zero-order valence-corrected chi connectivity index (χ0v) is 13.1. The third kappa shape index (κ3) is 3.80. The highest BCUT2D eigenvalue weighted by atomic mass is 16.3. The fraction of sp³-hybridized carbons (Fsp3) is 0.105. The fourth-order valence-corrected chi connectivity index (χ4v) is 2.45. The van der Waals surface area contributed by atoms with E-state index >= 15 is 0 Å². The second-order valence-electron chi connectivity index (χ2n) is 5.51. The molecule has 0 bridgehead atoms. The van der Waals surface area contributed by atoms with Crippen molar-refractivity contribution in [2.75, 3.05) is 10.6 Å². The van der Waals surface area contributed by atoms with Crippen LogP contribution in [-0.4, -0.2) is 5.91 Å². The number of carbonyl (C=O) groups is 1. The van der Waals surface area contributed by atoms with Crippen LogP contribution in [0.1, 0.15) is 21.7 Å². The lowest BCUT2D eigenvalue weighted by Gasteiger charge is -2.10. The number of amides is 1. The molecule has 3 aromatic rings. The molecule has 2 aromatic carbocycles. The fourth-order valence-electron chi connectivity index (χ4n) is 2.45. The third-order valence-electron chi connectivity index (χ3n) is 3.40. The van der Waals surface area contributed by atoms with Crippen LogP contribution in [0.5, 0.6) is 0 Å². The summed E-state index contributed by atoms with van der Waals surface area (Å²) < 4.78 is 5.07. The van der Waals surface area contributed by atoms with Gasteiger partial charge in [-0.15, -0.1) is 0 Å². The highest BCUT2D eigenvalue weighted by molar-refractivity contribution is 6.02. The highest BCUT2D eigenvalue weighted by Gasteiger charge is 2.08. The van der Waals surface area contributed by atoms with Gasteiger partial charge in [-0.1, -0.05) is 6.07 Å². The zero-order valence-electron chi connectivity index (χ0n) is 13.1. The lowest BCUT2D eigenvalue weighted by atomic mass is 10.1. The van der Waals surface area contributed by atoms with Gasteiger partial charge in [0.15, 0.2) is 5.76 Å². The molecule has 2 N–H and O–H groups in total. The number of furan rings is 1. The van der Waals surface area contributed by atoms with Gasteiger partial charge in [-0.05, 0) is 73.5 Å². The van der Waals surface area contributed by atoms with E-state index in [4.69, 9.17) is 4.42 Å². The molecule has 3 rings (SSSR count). The number of hydrogen-bond donors (Lipinski definition) is 2. The molecule has 0 aliphatic heterocycles. The molecule has 1 heterocycles. The Hall–Kier alpha value is -3.01. The number of rotatable bonds is 4. The molecular formula is C19H18N2O2. The van der Waals surface area contributed by atoms with Gasteiger partial charge in [0.25, 0.3) is 5.91 Å². The van der Waals surface area contributed by atoms with E-state index in [1.807, 2.05) is 24.3 Å². The lowest BCUT2D eigenvalue weighted by molar-refractivity contribution is 0.0996. The van der Waals surface area contributed by atoms with Gasteiger partial charge in [0.05, 0.1) is 6.26 Å². The van der Waals surface area contributed by atoms with E-state index in [1.54, 1.807) is 12.1 Å². The van der Waals surface area contributed by atoms with Gasteiger partial charge >= 0.3 is 0 Å². The van der Waals surface area contributed by atoms with E-state index in [0.29, 0.717) is 5.76 Å². The number of benzene rings is 2. The van der Waals surface area contributed by atoms with Crippen LogP contribution in [0, 0.1) is 13.8 Å². The molecule has 0 radical (unpaired) electrons. The predicted molar refractivity (Wildman–Crippen MR) is 92.3 cm³/mol. The molecule has 0 spiro atoms. The molecule has 1 aromatic heterocycles. The predicted octanol–water partition coefficient (Wildman–Crippen LogP) is 4.89. The normalized spacial score (nSPS) is 10.3. The zero-order chi connectivity index (χ0) is 16.2. The summed E-state index contributed by atoms with van der Waals surface area (Å²) in [6, 6.07) is 17.2. The van der Waals surface area contributed by atoms with Gasteiger partial charge in [0.1, 0.15) is 0 Å². The second-order valence-corrected chi connectivity index (χ2v) is 5.51. The van der Waals surface area contributed by atoms with Crippen molar-refractivity contribution in [2.45, 2.75) is 13.8 Å². The molecule has 0 atom stereocenters. The number of anilines is 3. The van der Waals surface area contributed by atoms with E-state index in [1.165, 1.54) is 17.4 Å². The first kappa shape index (κ1) is 14.9. The Morgan fingerprint density at radius 3 is 2.13 bits per heavy atom. The minimum atomic E-state index is -0.259. The number of aryl methyl sites for hydroxylation is 2. The molecule has 0 fully saturated rings. The first-order valence-electron chi connectivity index (χ1n) is 7.40. The number of carbonyl (C=O) groups excluding carboxylic acids is 1. The van der Waals surface area contributed by atoms with E-state index in [9.17, 15) is 4.79 Å². The Labute approximate surface area is 135 Å². The van der Waals surface area contributed by atoms with Crippen molar-refractivity contribution in [3.05, 3.63) is 77.7 Å². The monoisotopic (exact) mass is 306 g/mol. The maximum atomic E-state index is 11.9. The summed E-state index contributed by atoms with van der Waals surface area (Å²) in [5, 5.41) is 6.16. The van der Waals surface area contributed by atoms with Crippen molar-refractivity contribution in [3.63, 3.8) is 0 Å². The third-order valence-corrected chi connectivity index (χ3v) is 3.40. The Bertz CT molecular complexity index is 786. The van der Waals surface area contributed by atoms with Crippen LogP contribution in [0.3, 0.4) is 0 Å². The Kier molecular flexibility index (Phi) is 4.15. The van der Waals surface area contributed by atoms with E-state index in [-0.39, 0.29) is 5.91 Å². The molecule has 4 heteroatoms. The largest absolute Gasteiger partial charge is 0.459 e. The van der Waals surface area contributed by atoms with Crippen LogP contribution in [0.15, 0.2) is 65.3 Å². The van der Waals surface area contributed by atoms with Crippen LogP contribution >= 0.6 is 0 Å². The first-order valence-corrected chi connectivity index (χ1v) is 7.40. The molecule has 0 saturated carbocycles. The summed E-state index contributed by atoms with van der Waals surface area (Å²) >= 11 is 0. The van der Waals surface area contributed by atoms with Crippen molar-refractivity contribution in [3.8, 4) is 0 Å². The number of hydrogen-bond acceptors (Lipinski definition) is 3. The van der Waals surface area contributed by atoms with Crippen LogP contribution in [0.2, 0.25) is 0 Å². The van der Waals surface area contributed by atoms with Crippen LogP contribution < -0.4 is 10.6 Å². The van der Waals surface area contributed by atoms with Crippen molar-refractivity contribution in [1.82, 2.24) is 0 Å². The summed E-state index contributed by atoms with van der Waals surface area (Å²) in [7, 11) is 0. The summed E-state index contributed by atoms with van der Waals surface area (Å²) in [4.78, 5) is 11.9. The van der Waals surface area contributed by atoms with Crippen LogP contribution in [0.25, 0.3) is 0 Å². The molecule has 0 saturated heterocycles. The van der Waals surface area contributed by atoms with Gasteiger partial charge in [-0.3, -0.25) is 4.79 Å². The smallest absolute Gasteiger partial charge is 0.291 e. The van der Waals surface area contributed by atoms with Gasteiger partial charge in [-0.2, -0.15) is 0 Å². The standard InChI is InChI=1S/C19H18N2O2/c1-13-10-14(2)12-17(11-13)20-15-5-7-16(8-6-15)21-19(22)18-4-3-9-23-18/h3-12,20H,1-2H3,(H,21,22). The average molecular weight is 306 g/mol. The van der Waals surface area contributed by atoms with Crippen molar-refractivity contribution >= 4 is 23.0 Å². The molecule has 4 nitrogen and oxygen atoms in total. The molecule has 1 amide bonds. The molecule has 23 heavy (non-hydrogen) atoms. The topological polar surface area (TPSA) is 54.3 Å². The summed E-state index contributed by atoms with van der Waals surface area (Å²) in [6.07, 6.45) is 1.48. The Balaban J connectivity index is 1.68. The quantitative estimate of drug-likeness (QED) is 0.721. The van der Waals surface area contributed by atoms with Crippen molar-refractivity contribution < 1.29 is 9.21 Å². The molecule has 116 valence electrons. The SMILES string of the molecule is Cc1cc(C)cc(Nc2ccc(NC(=O)c3ccco3)cc2)c1. The van der Waals surface area contributed by atoms with Gasteiger partial charge in [-0.25, -0.2) is 0 Å².